The highest BCUT2D eigenvalue weighted by molar-refractivity contribution is 7.10. The number of para-hydroxylation sites is 1. The van der Waals surface area contributed by atoms with Crippen molar-refractivity contribution in [1.82, 2.24) is 10.2 Å². The number of nitrogens with zero attached hydrogens (tertiary/aromatic N) is 2. The fraction of sp³-hybridized carbons (Fsp3) is 0.421. The first-order valence-corrected chi connectivity index (χ1v) is 9.37. The first-order valence-electron chi connectivity index (χ1n) is 8.49. The Morgan fingerprint density at radius 1 is 1.33 bits per heavy atom. The fourth-order valence-corrected chi connectivity index (χ4v) is 3.95. The van der Waals surface area contributed by atoms with Gasteiger partial charge in [0.05, 0.1) is 6.04 Å². The van der Waals surface area contributed by atoms with Gasteiger partial charge >= 0.3 is 6.03 Å². The number of amides is 2. The van der Waals surface area contributed by atoms with E-state index in [1.54, 1.807) is 16.2 Å². The summed E-state index contributed by atoms with van der Waals surface area (Å²) in [5, 5.41) is 5.15. The monoisotopic (exact) mass is 343 g/mol. The van der Waals surface area contributed by atoms with E-state index in [1.165, 1.54) is 10.6 Å². The molecule has 2 atom stereocenters. The fourth-order valence-electron chi connectivity index (χ4n) is 3.12. The molecule has 2 unspecified atom stereocenters. The van der Waals surface area contributed by atoms with Gasteiger partial charge in [-0.05, 0) is 42.8 Å². The third kappa shape index (κ3) is 3.90. The first kappa shape index (κ1) is 16.8. The van der Waals surface area contributed by atoms with Crippen LogP contribution in [0.3, 0.4) is 0 Å². The minimum Gasteiger partial charge on any atom is -0.371 e. The molecule has 24 heavy (non-hydrogen) atoms. The highest BCUT2D eigenvalue weighted by Gasteiger charge is 2.24. The second kappa shape index (κ2) is 7.71. The van der Waals surface area contributed by atoms with Gasteiger partial charge in [0, 0.05) is 37.2 Å². The van der Waals surface area contributed by atoms with Gasteiger partial charge in [0.15, 0.2) is 0 Å². The molecule has 1 aliphatic heterocycles. The van der Waals surface area contributed by atoms with Crippen molar-refractivity contribution in [1.29, 1.82) is 0 Å². The average molecular weight is 343 g/mol. The number of rotatable bonds is 5. The number of carbonyl (C=O) groups is 1. The number of carbonyl (C=O) groups excluding carboxylic acids is 1. The molecule has 1 aromatic carbocycles. The van der Waals surface area contributed by atoms with Crippen molar-refractivity contribution in [3.05, 3.63) is 52.7 Å². The van der Waals surface area contributed by atoms with Crippen LogP contribution >= 0.6 is 11.3 Å². The molecule has 0 radical (unpaired) electrons. The van der Waals surface area contributed by atoms with Crippen LogP contribution in [0.25, 0.3) is 0 Å². The predicted octanol–water partition coefficient (Wildman–Crippen LogP) is 3.98. The lowest BCUT2D eigenvalue weighted by molar-refractivity contribution is 0.193. The van der Waals surface area contributed by atoms with Gasteiger partial charge in [0.2, 0.25) is 0 Å². The summed E-state index contributed by atoms with van der Waals surface area (Å²) in [4.78, 5) is 17.8. The van der Waals surface area contributed by atoms with Gasteiger partial charge in [-0.1, -0.05) is 24.3 Å². The Balaban J connectivity index is 1.47. The number of urea groups is 1. The SMILES string of the molecule is CC(c1cccs1)N(C)C(=O)NCC1CCN(c2ccccc2)C1. The molecule has 1 aromatic heterocycles. The molecule has 2 heterocycles. The van der Waals surface area contributed by atoms with Crippen LogP contribution in [0.2, 0.25) is 0 Å². The van der Waals surface area contributed by atoms with E-state index >= 15 is 0 Å². The Morgan fingerprint density at radius 3 is 2.83 bits per heavy atom. The van der Waals surface area contributed by atoms with Crippen LogP contribution in [0, 0.1) is 5.92 Å². The third-order valence-electron chi connectivity index (χ3n) is 4.81. The summed E-state index contributed by atoms with van der Waals surface area (Å²) in [6, 6.07) is 14.7. The lowest BCUT2D eigenvalue weighted by Gasteiger charge is -2.25. The van der Waals surface area contributed by atoms with Crippen LogP contribution < -0.4 is 10.2 Å². The van der Waals surface area contributed by atoms with Gasteiger partial charge in [-0.15, -0.1) is 11.3 Å². The molecule has 1 saturated heterocycles. The second-order valence-electron chi connectivity index (χ2n) is 6.42. The molecule has 3 rings (SSSR count). The lowest BCUT2D eigenvalue weighted by atomic mass is 10.1. The summed E-state index contributed by atoms with van der Waals surface area (Å²) in [5.74, 6) is 0.514. The Labute approximate surface area is 148 Å². The van der Waals surface area contributed by atoms with E-state index in [-0.39, 0.29) is 12.1 Å². The van der Waals surface area contributed by atoms with Crippen LogP contribution in [-0.4, -0.2) is 37.6 Å². The number of benzene rings is 1. The van der Waals surface area contributed by atoms with Gasteiger partial charge in [-0.25, -0.2) is 4.79 Å². The number of anilines is 1. The topological polar surface area (TPSA) is 35.6 Å². The van der Waals surface area contributed by atoms with Crippen molar-refractivity contribution in [3.8, 4) is 0 Å². The van der Waals surface area contributed by atoms with Gasteiger partial charge in [-0.3, -0.25) is 0 Å². The zero-order valence-corrected chi connectivity index (χ0v) is 15.1. The summed E-state index contributed by atoms with van der Waals surface area (Å²) in [5.41, 5.74) is 1.27. The Morgan fingerprint density at radius 2 is 2.12 bits per heavy atom. The zero-order chi connectivity index (χ0) is 16.9. The van der Waals surface area contributed by atoms with Crippen molar-refractivity contribution in [3.63, 3.8) is 0 Å². The molecule has 2 amide bonds. The number of thiophene rings is 1. The molecule has 1 aliphatic rings. The molecule has 0 bridgehead atoms. The van der Waals surface area contributed by atoms with Gasteiger partial charge in [0.1, 0.15) is 0 Å². The molecular formula is C19H25N3OS. The normalized spacial score (nSPS) is 18.4. The number of nitrogens with one attached hydrogen (secondary N) is 1. The molecule has 4 nitrogen and oxygen atoms in total. The predicted molar refractivity (Wildman–Crippen MR) is 101 cm³/mol. The molecule has 0 saturated carbocycles. The highest BCUT2D eigenvalue weighted by atomic mass is 32.1. The second-order valence-corrected chi connectivity index (χ2v) is 7.40. The van der Waals surface area contributed by atoms with E-state index in [0.717, 1.165) is 26.1 Å². The maximum Gasteiger partial charge on any atom is 0.317 e. The Bertz CT molecular complexity index is 644. The quantitative estimate of drug-likeness (QED) is 0.891. The van der Waals surface area contributed by atoms with E-state index in [4.69, 9.17) is 0 Å². The molecule has 1 N–H and O–H groups in total. The maximum absolute atomic E-state index is 12.4. The number of hydrogen-bond donors (Lipinski definition) is 1. The molecule has 2 aromatic rings. The molecule has 1 fully saturated rings. The molecule has 0 aliphatic carbocycles. The lowest BCUT2D eigenvalue weighted by Crippen LogP contribution is -2.41. The zero-order valence-electron chi connectivity index (χ0n) is 14.3. The van der Waals surface area contributed by atoms with Crippen molar-refractivity contribution >= 4 is 23.1 Å². The Kier molecular flexibility index (Phi) is 5.41. The molecule has 0 spiro atoms. The smallest absolute Gasteiger partial charge is 0.317 e. The number of hydrogen-bond acceptors (Lipinski definition) is 3. The minimum atomic E-state index is 0.00839. The standard InChI is InChI=1S/C19H25N3OS/c1-15(18-9-6-12-24-18)21(2)19(23)20-13-16-10-11-22(14-16)17-7-4-3-5-8-17/h3-9,12,15-16H,10-11,13-14H2,1-2H3,(H,20,23). The van der Waals surface area contributed by atoms with E-state index in [0.29, 0.717) is 5.92 Å². The van der Waals surface area contributed by atoms with E-state index in [1.807, 2.05) is 24.6 Å². The first-order chi connectivity index (χ1) is 11.6. The summed E-state index contributed by atoms with van der Waals surface area (Å²) < 4.78 is 0. The van der Waals surface area contributed by atoms with Crippen LogP contribution in [0.5, 0.6) is 0 Å². The van der Waals surface area contributed by atoms with Crippen LogP contribution in [-0.2, 0) is 0 Å². The third-order valence-corrected chi connectivity index (χ3v) is 5.85. The molecule has 5 heteroatoms. The van der Waals surface area contributed by atoms with E-state index < -0.39 is 0 Å². The van der Waals surface area contributed by atoms with Crippen molar-refractivity contribution in [2.24, 2.45) is 5.92 Å². The van der Waals surface area contributed by atoms with Gasteiger partial charge in [0.25, 0.3) is 0 Å². The summed E-state index contributed by atoms with van der Waals surface area (Å²) in [6.07, 6.45) is 1.12. The minimum absolute atomic E-state index is 0.00839. The van der Waals surface area contributed by atoms with Crippen LogP contribution in [0.1, 0.15) is 24.3 Å². The molecular weight excluding hydrogens is 318 g/mol. The average Bonchev–Trinajstić information content (AvgIpc) is 3.31. The Hall–Kier alpha value is -2.01. The van der Waals surface area contributed by atoms with E-state index in [2.05, 4.69) is 47.5 Å². The van der Waals surface area contributed by atoms with Gasteiger partial charge in [-0.2, -0.15) is 0 Å². The highest BCUT2D eigenvalue weighted by Crippen LogP contribution is 2.24. The van der Waals surface area contributed by atoms with Crippen molar-refractivity contribution < 1.29 is 4.79 Å². The molecule has 128 valence electrons. The largest absolute Gasteiger partial charge is 0.371 e. The summed E-state index contributed by atoms with van der Waals surface area (Å²) in [6.45, 7) is 4.88. The van der Waals surface area contributed by atoms with Gasteiger partial charge < -0.3 is 15.1 Å². The maximum atomic E-state index is 12.4. The van der Waals surface area contributed by atoms with Crippen molar-refractivity contribution in [2.75, 3.05) is 31.6 Å². The van der Waals surface area contributed by atoms with E-state index in [9.17, 15) is 4.79 Å². The van der Waals surface area contributed by atoms with Crippen molar-refractivity contribution in [2.45, 2.75) is 19.4 Å². The van der Waals surface area contributed by atoms with Crippen LogP contribution in [0.4, 0.5) is 10.5 Å². The summed E-state index contributed by atoms with van der Waals surface area (Å²) >= 11 is 1.69. The van der Waals surface area contributed by atoms with Crippen LogP contribution in [0.15, 0.2) is 47.8 Å². The summed E-state index contributed by atoms with van der Waals surface area (Å²) in [7, 11) is 1.87.